The molecule has 0 bridgehead atoms. The van der Waals surface area contributed by atoms with Crippen LogP contribution in [0, 0.1) is 5.92 Å². The second kappa shape index (κ2) is 4.32. The number of halogens is 1. The van der Waals surface area contributed by atoms with Gasteiger partial charge in [0.2, 0.25) is 0 Å². The molecule has 0 aromatic heterocycles. The minimum atomic E-state index is 0.0548. The molecule has 2 rings (SSSR count). The second-order valence-electron chi connectivity index (χ2n) is 3.71. The molecule has 1 fully saturated rings. The van der Waals surface area contributed by atoms with Crippen molar-refractivity contribution in [2.75, 3.05) is 6.61 Å². The summed E-state index contributed by atoms with van der Waals surface area (Å²) in [5.41, 5.74) is 0.880. The maximum absolute atomic E-state index is 9.00. The number of rotatable bonds is 4. The number of aliphatic hydroxyl groups excluding tert-OH is 1. The van der Waals surface area contributed by atoms with Gasteiger partial charge in [-0.05, 0) is 42.5 Å². The summed E-state index contributed by atoms with van der Waals surface area (Å²) in [5.74, 6) is 1.60. The molecule has 0 heterocycles. The van der Waals surface area contributed by atoms with E-state index in [1.165, 1.54) is 12.8 Å². The van der Waals surface area contributed by atoms with Crippen LogP contribution in [0.2, 0.25) is 0 Å². The van der Waals surface area contributed by atoms with Gasteiger partial charge in [0.05, 0.1) is 13.2 Å². The fraction of sp³-hybridized carbons (Fsp3) is 0.455. The van der Waals surface area contributed by atoms with Crippen molar-refractivity contribution in [3.63, 3.8) is 0 Å². The minimum Gasteiger partial charge on any atom is -0.493 e. The van der Waals surface area contributed by atoms with E-state index in [-0.39, 0.29) is 6.61 Å². The summed E-state index contributed by atoms with van der Waals surface area (Å²) in [4.78, 5) is 0. The van der Waals surface area contributed by atoms with Crippen LogP contribution in [0.4, 0.5) is 0 Å². The molecule has 0 radical (unpaired) electrons. The lowest BCUT2D eigenvalue weighted by Gasteiger charge is -2.07. The molecule has 14 heavy (non-hydrogen) atoms. The van der Waals surface area contributed by atoms with E-state index in [4.69, 9.17) is 9.84 Å². The van der Waals surface area contributed by atoms with Crippen molar-refractivity contribution in [2.24, 2.45) is 5.92 Å². The zero-order valence-electron chi connectivity index (χ0n) is 7.87. The van der Waals surface area contributed by atoms with E-state index in [9.17, 15) is 0 Å². The van der Waals surface area contributed by atoms with Gasteiger partial charge in [0, 0.05) is 4.47 Å². The predicted molar refractivity (Wildman–Crippen MR) is 58.3 cm³/mol. The quantitative estimate of drug-likeness (QED) is 0.898. The fourth-order valence-electron chi connectivity index (χ4n) is 1.29. The molecule has 0 aliphatic heterocycles. The molecule has 0 atom stereocenters. The third-order valence-corrected chi connectivity index (χ3v) is 2.75. The molecule has 0 spiro atoms. The van der Waals surface area contributed by atoms with E-state index in [1.54, 1.807) is 0 Å². The Kier molecular flexibility index (Phi) is 3.08. The highest BCUT2D eigenvalue weighted by molar-refractivity contribution is 9.10. The molecule has 3 heteroatoms. The van der Waals surface area contributed by atoms with Gasteiger partial charge in [-0.3, -0.25) is 0 Å². The molecule has 76 valence electrons. The van der Waals surface area contributed by atoms with Gasteiger partial charge in [0.1, 0.15) is 5.75 Å². The van der Waals surface area contributed by atoms with Crippen LogP contribution in [0.15, 0.2) is 22.7 Å². The van der Waals surface area contributed by atoms with Crippen LogP contribution in [0.5, 0.6) is 5.75 Å². The summed E-state index contributed by atoms with van der Waals surface area (Å²) in [6.07, 6.45) is 2.59. The molecule has 1 aromatic rings. The minimum absolute atomic E-state index is 0.0548. The number of hydrogen-bond donors (Lipinski definition) is 1. The molecule has 2 nitrogen and oxygen atoms in total. The molecular weight excluding hydrogens is 244 g/mol. The van der Waals surface area contributed by atoms with Gasteiger partial charge in [-0.1, -0.05) is 15.9 Å². The van der Waals surface area contributed by atoms with Gasteiger partial charge in [-0.25, -0.2) is 0 Å². The van der Waals surface area contributed by atoms with Gasteiger partial charge < -0.3 is 9.84 Å². The van der Waals surface area contributed by atoms with Gasteiger partial charge in [0.15, 0.2) is 0 Å². The number of hydrogen-bond acceptors (Lipinski definition) is 2. The van der Waals surface area contributed by atoms with Gasteiger partial charge in [-0.15, -0.1) is 0 Å². The molecule has 0 unspecified atom stereocenters. The van der Waals surface area contributed by atoms with Crippen LogP contribution in [0.3, 0.4) is 0 Å². The monoisotopic (exact) mass is 256 g/mol. The Bertz CT molecular complexity index is 321. The highest BCUT2D eigenvalue weighted by Gasteiger charge is 2.21. The van der Waals surface area contributed by atoms with Crippen molar-refractivity contribution < 1.29 is 9.84 Å². The molecule has 1 saturated carbocycles. The summed E-state index contributed by atoms with van der Waals surface area (Å²) in [7, 11) is 0. The molecule has 0 saturated heterocycles. The highest BCUT2D eigenvalue weighted by atomic mass is 79.9. The summed E-state index contributed by atoms with van der Waals surface area (Å²) < 4.78 is 6.57. The third-order valence-electron chi connectivity index (χ3n) is 2.30. The normalized spacial score (nSPS) is 15.6. The molecule has 1 aliphatic rings. The largest absolute Gasteiger partial charge is 0.493 e. The van der Waals surface area contributed by atoms with Crippen molar-refractivity contribution >= 4 is 15.9 Å². The van der Waals surface area contributed by atoms with Crippen molar-refractivity contribution in [1.82, 2.24) is 0 Å². The molecule has 1 N–H and O–H groups in total. The predicted octanol–water partition coefficient (Wildman–Crippen LogP) is 2.73. The molecule has 0 amide bonds. The van der Waals surface area contributed by atoms with Gasteiger partial charge in [0.25, 0.3) is 0 Å². The topological polar surface area (TPSA) is 29.5 Å². The third kappa shape index (κ3) is 2.72. The van der Waals surface area contributed by atoms with E-state index in [0.29, 0.717) is 0 Å². The van der Waals surface area contributed by atoms with Gasteiger partial charge >= 0.3 is 0 Å². The fourth-order valence-corrected chi connectivity index (χ4v) is 1.81. The Morgan fingerprint density at radius 2 is 2.14 bits per heavy atom. The van der Waals surface area contributed by atoms with E-state index in [1.807, 2.05) is 18.2 Å². The average Bonchev–Trinajstić information content (AvgIpc) is 2.97. The molecular formula is C11H13BrO2. The molecule has 1 aromatic carbocycles. The Morgan fingerprint density at radius 1 is 1.36 bits per heavy atom. The smallest absolute Gasteiger partial charge is 0.120 e. The van der Waals surface area contributed by atoms with Crippen LogP contribution in [-0.2, 0) is 6.61 Å². The zero-order valence-corrected chi connectivity index (χ0v) is 9.46. The van der Waals surface area contributed by atoms with Crippen molar-refractivity contribution in [3.8, 4) is 5.75 Å². The standard InChI is InChI=1S/C11H13BrO2/c12-10-3-9(6-13)4-11(5-10)14-7-8-1-2-8/h3-5,8,13H,1-2,6-7H2. The first-order valence-electron chi connectivity index (χ1n) is 4.81. The van der Waals surface area contributed by atoms with Crippen LogP contribution in [0.1, 0.15) is 18.4 Å². The Hall–Kier alpha value is -0.540. The van der Waals surface area contributed by atoms with E-state index in [0.717, 1.165) is 28.3 Å². The Labute approximate surface area is 92.0 Å². The lowest BCUT2D eigenvalue weighted by molar-refractivity contribution is 0.277. The highest BCUT2D eigenvalue weighted by Crippen LogP contribution is 2.30. The summed E-state index contributed by atoms with van der Waals surface area (Å²) in [5, 5.41) is 9.00. The first-order valence-corrected chi connectivity index (χ1v) is 5.60. The van der Waals surface area contributed by atoms with E-state index >= 15 is 0 Å². The Morgan fingerprint density at radius 3 is 2.79 bits per heavy atom. The summed E-state index contributed by atoms with van der Waals surface area (Å²) in [6.45, 7) is 0.862. The van der Waals surface area contributed by atoms with Crippen LogP contribution < -0.4 is 4.74 Å². The number of aliphatic hydroxyl groups is 1. The van der Waals surface area contributed by atoms with Crippen molar-refractivity contribution in [1.29, 1.82) is 0 Å². The zero-order chi connectivity index (χ0) is 9.97. The average molecular weight is 257 g/mol. The van der Waals surface area contributed by atoms with Crippen LogP contribution in [0.25, 0.3) is 0 Å². The van der Waals surface area contributed by atoms with Gasteiger partial charge in [-0.2, -0.15) is 0 Å². The lowest BCUT2D eigenvalue weighted by atomic mass is 10.2. The number of ether oxygens (including phenoxy) is 1. The lowest BCUT2D eigenvalue weighted by Crippen LogP contribution is -1.99. The second-order valence-corrected chi connectivity index (χ2v) is 4.62. The summed E-state index contributed by atoms with van der Waals surface area (Å²) in [6, 6.07) is 5.71. The SMILES string of the molecule is OCc1cc(Br)cc(OCC2CC2)c1. The van der Waals surface area contributed by atoms with E-state index < -0.39 is 0 Å². The van der Waals surface area contributed by atoms with Crippen molar-refractivity contribution in [3.05, 3.63) is 28.2 Å². The Balaban J connectivity index is 2.03. The van der Waals surface area contributed by atoms with Crippen LogP contribution >= 0.6 is 15.9 Å². The first kappa shape index (κ1) is 9.99. The summed E-state index contributed by atoms with van der Waals surface area (Å²) >= 11 is 3.39. The van der Waals surface area contributed by atoms with Crippen LogP contribution in [-0.4, -0.2) is 11.7 Å². The maximum Gasteiger partial charge on any atom is 0.120 e. The van der Waals surface area contributed by atoms with E-state index in [2.05, 4.69) is 15.9 Å². The van der Waals surface area contributed by atoms with Crippen molar-refractivity contribution in [2.45, 2.75) is 19.4 Å². The molecule has 1 aliphatic carbocycles. The maximum atomic E-state index is 9.00. The first-order chi connectivity index (χ1) is 6.78. The number of benzene rings is 1.